The van der Waals surface area contributed by atoms with Gasteiger partial charge >= 0.3 is 11.9 Å². The van der Waals surface area contributed by atoms with Gasteiger partial charge in [-0.3, -0.25) is 19.3 Å². The molecule has 2 fully saturated rings. The Morgan fingerprint density at radius 1 is 0.722 bits per heavy atom. The van der Waals surface area contributed by atoms with Gasteiger partial charge in [0.05, 0.1) is 25.0 Å². The van der Waals surface area contributed by atoms with Gasteiger partial charge in [-0.25, -0.2) is 0 Å². The van der Waals surface area contributed by atoms with E-state index in [1.54, 1.807) is 0 Å². The first kappa shape index (κ1) is 31.0. The second-order valence-corrected chi connectivity index (χ2v) is 13.6. The average molecular weight is 513 g/mol. The fourth-order valence-electron chi connectivity index (χ4n) is 7.62. The first-order valence-corrected chi connectivity index (χ1v) is 13.7. The zero-order valence-corrected chi connectivity index (χ0v) is 24.4. The van der Waals surface area contributed by atoms with Crippen LogP contribution in [0.3, 0.4) is 0 Å². The van der Waals surface area contributed by atoms with E-state index in [-0.39, 0.29) is 18.3 Å². The highest BCUT2D eigenvalue weighted by molar-refractivity contribution is 5.82. The lowest BCUT2D eigenvalue weighted by Crippen LogP contribution is -2.67. The minimum absolute atomic E-state index is 0.322. The molecule has 210 valence electrons. The number of carboxylic acids is 2. The Labute approximate surface area is 218 Å². The summed E-state index contributed by atoms with van der Waals surface area (Å²) >= 11 is 0. The molecule has 0 aliphatic carbocycles. The maximum absolute atomic E-state index is 13.4. The van der Waals surface area contributed by atoms with Crippen LogP contribution in [0.1, 0.15) is 114 Å². The van der Waals surface area contributed by atoms with Gasteiger partial charge in [-0.2, -0.15) is 10.1 Å². The van der Waals surface area contributed by atoms with Crippen molar-refractivity contribution in [3.05, 3.63) is 0 Å². The van der Waals surface area contributed by atoms with E-state index >= 15 is 0 Å². The Morgan fingerprint density at radius 2 is 1.03 bits per heavy atom. The van der Waals surface area contributed by atoms with E-state index in [1.807, 2.05) is 10.1 Å². The van der Waals surface area contributed by atoms with Crippen molar-refractivity contribution in [2.45, 2.75) is 136 Å². The molecule has 0 radical (unpaired) electrons. The van der Waals surface area contributed by atoms with E-state index in [0.717, 1.165) is 12.8 Å². The van der Waals surface area contributed by atoms with Gasteiger partial charge in [-0.05, 0) is 106 Å². The third-order valence-electron chi connectivity index (χ3n) is 8.33. The first-order chi connectivity index (χ1) is 16.4. The lowest BCUT2D eigenvalue weighted by Gasteiger charge is -2.61. The summed E-state index contributed by atoms with van der Waals surface area (Å²) in [5.74, 6) is -2.70. The van der Waals surface area contributed by atoms with Crippen molar-refractivity contribution in [3.63, 3.8) is 0 Å². The van der Waals surface area contributed by atoms with E-state index in [9.17, 15) is 19.8 Å². The van der Waals surface area contributed by atoms with Gasteiger partial charge in [0.1, 0.15) is 0 Å². The Morgan fingerprint density at radius 3 is 1.25 bits per heavy atom. The number of hydroxylamine groups is 4. The number of carboxylic acid groups (broad SMARTS) is 2. The van der Waals surface area contributed by atoms with Crippen LogP contribution in [-0.4, -0.2) is 67.6 Å². The van der Waals surface area contributed by atoms with Gasteiger partial charge < -0.3 is 10.2 Å². The van der Waals surface area contributed by atoms with Crippen molar-refractivity contribution in [1.82, 2.24) is 10.1 Å². The van der Waals surface area contributed by atoms with Crippen molar-refractivity contribution in [2.75, 3.05) is 13.2 Å². The summed E-state index contributed by atoms with van der Waals surface area (Å²) in [4.78, 5) is 38.0. The number of rotatable bonds is 11. The summed E-state index contributed by atoms with van der Waals surface area (Å²) in [6.45, 7) is 22.0. The zero-order chi connectivity index (χ0) is 27.7. The molecule has 36 heavy (non-hydrogen) atoms. The largest absolute Gasteiger partial charge is 0.481 e. The normalized spacial score (nSPS) is 25.1. The van der Waals surface area contributed by atoms with Crippen LogP contribution in [0.25, 0.3) is 0 Å². The Balaban J connectivity index is 2.59. The molecule has 8 heteroatoms. The molecule has 2 heterocycles. The predicted octanol–water partition coefficient (Wildman–Crippen LogP) is 5.75. The average Bonchev–Trinajstić information content (AvgIpc) is 2.68. The summed E-state index contributed by atoms with van der Waals surface area (Å²) in [6, 6.07) is 0. The number of hydrogen-bond acceptors (Lipinski definition) is 6. The summed E-state index contributed by atoms with van der Waals surface area (Å²) in [7, 11) is 0. The summed E-state index contributed by atoms with van der Waals surface area (Å²) < 4.78 is 0. The molecule has 2 aliphatic rings. The van der Waals surface area contributed by atoms with E-state index in [1.165, 1.54) is 0 Å². The molecule has 2 saturated heterocycles. The molecule has 2 rings (SSSR count). The maximum atomic E-state index is 13.4. The van der Waals surface area contributed by atoms with Crippen LogP contribution in [0.4, 0.5) is 0 Å². The zero-order valence-electron chi connectivity index (χ0n) is 24.4. The molecule has 0 unspecified atom stereocenters. The fraction of sp³-hybridized carbons (Fsp3) is 0.929. The Bertz CT molecular complexity index is 707. The molecular weight excluding hydrogens is 460 g/mol. The van der Waals surface area contributed by atoms with Crippen molar-refractivity contribution < 1.29 is 29.5 Å². The van der Waals surface area contributed by atoms with E-state index in [0.29, 0.717) is 38.9 Å². The molecule has 0 bridgehead atoms. The van der Waals surface area contributed by atoms with E-state index in [4.69, 9.17) is 9.68 Å². The highest BCUT2D eigenvalue weighted by Crippen LogP contribution is 2.58. The van der Waals surface area contributed by atoms with Crippen LogP contribution in [0.5, 0.6) is 0 Å². The number of nitrogens with zero attached hydrogens (tertiary/aromatic N) is 2. The van der Waals surface area contributed by atoms with E-state index in [2.05, 4.69) is 69.2 Å². The standard InChI is InChI=1S/C28H52N2O6/c1-11-13-35-29-24(3,4)15-20(16-25(29,5)6)28(23(33)34,19-22(31)32)21-17-26(7,8)30(36-14-12-2)27(9,10)18-21/h20-21H,11-19H2,1-10H3,(H,31,32)(H,33,34). The molecule has 0 saturated carbocycles. The monoisotopic (exact) mass is 512 g/mol. The first-order valence-electron chi connectivity index (χ1n) is 13.7. The van der Waals surface area contributed by atoms with Gasteiger partial charge in [0.2, 0.25) is 0 Å². The topological polar surface area (TPSA) is 99.5 Å². The molecule has 8 nitrogen and oxygen atoms in total. The van der Waals surface area contributed by atoms with Gasteiger partial charge in [-0.1, -0.05) is 13.8 Å². The van der Waals surface area contributed by atoms with Crippen LogP contribution < -0.4 is 0 Å². The molecule has 2 aliphatic heterocycles. The second-order valence-electron chi connectivity index (χ2n) is 13.6. The van der Waals surface area contributed by atoms with Gasteiger partial charge in [0.15, 0.2) is 0 Å². The lowest BCUT2D eigenvalue weighted by atomic mass is 9.53. The SMILES string of the molecule is CCCON1C(C)(C)CC(C(CC(=O)O)(C(=O)O)C2CC(C)(C)N(OCCC)C(C)(C)C2)CC1(C)C. The van der Waals surface area contributed by atoms with Gasteiger partial charge in [0.25, 0.3) is 0 Å². The molecule has 0 aromatic rings. The van der Waals surface area contributed by atoms with Gasteiger partial charge in [-0.15, -0.1) is 0 Å². The lowest BCUT2D eigenvalue weighted by molar-refractivity contribution is -0.306. The third-order valence-corrected chi connectivity index (χ3v) is 8.33. The van der Waals surface area contributed by atoms with Crippen molar-refractivity contribution in [1.29, 1.82) is 0 Å². The fourth-order valence-corrected chi connectivity index (χ4v) is 7.62. The summed E-state index contributed by atoms with van der Waals surface area (Å²) in [5, 5.41) is 25.1. The highest BCUT2D eigenvalue weighted by atomic mass is 16.7. The molecule has 0 atom stereocenters. The maximum Gasteiger partial charge on any atom is 0.310 e. The van der Waals surface area contributed by atoms with Crippen LogP contribution in [0, 0.1) is 17.3 Å². The van der Waals surface area contributed by atoms with Crippen LogP contribution in [0.15, 0.2) is 0 Å². The van der Waals surface area contributed by atoms with Gasteiger partial charge in [0, 0.05) is 22.2 Å². The molecule has 0 aromatic carbocycles. The second kappa shape index (κ2) is 10.9. The minimum Gasteiger partial charge on any atom is -0.481 e. The Hall–Kier alpha value is -1.22. The van der Waals surface area contributed by atoms with Crippen LogP contribution in [0.2, 0.25) is 0 Å². The molecule has 0 aromatic heterocycles. The Kier molecular flexibility index (Phi) is 9.36. The van der Waals surface area contributed by atoms with Crippen molar-refractivity contribution in [2.24, 2.45) is 17.3 Å². The highest BCUT2D eigenvalue weighted by Gasteiger charge is 2.62. The minimum atomic E-state index is -1.40. The third kappa shape index (κ3) is 6.08. The van der Waals surface area contributed by atoms with Crippen molar-refractivity contribution in [3.8, 4) is 0 Å². The smallest absolute Gasteiger partial charge is 0.310 e. The molecule has 0 amide bonds. The molecule has 2 N–H and O–H groups in total. The van der Waals surface area contributed by atoms with Crippen LogP contribution >= 0.6 is 0 Å². The number of piperidine rings is 2. The number of aliphatic carboxylic acids is 2. The van der Waals surface area contributed by atoms with Crippen LogP contribution in [-0.2, 0) is 19.3 Å². The molecular formula is C28H52N2O6. The van der Waals surface area contributed by atoms with E-state index < -0.39 is 39.5 Å². The predicted molar refractivity (Wildman–Crippen MR) is 140 cm³/mol. The van der Waals surface area contributed by atoms with Crippen molar-refractivity contribution >= 4 is 11.9 Å². The molecule has 0 spiro atoms. The number of hydrogen-bond donors (Lipinski definition) is 2. The summed E-state index contributed by atoms with van der Waals surface area (Å²) in [5.41, 5.74) is -3.19. The summed E-state index contributed by atoms with van der Waals surface area (Å²) in [6.07, 6.45) is 3.57. The number of carbonyl (C=O) groups is 2. The quantitative estimate of drug-likeness (QED) is 0.361.